The Morgan fingerprint density at radius 3 is 2.25 bits per heavy atom. The van der Waals surface area contributed by atoms with Crippen LogP contribution in [-0.4, -0.2) is 28.2 Å². The van der Waals surface area contributed by atoms with Gasteiger partial charge in [0.2, 0.25) is 0 Å². The molecular formula is C21H19N3O4. The normalized spacial score (nSPS) is 13.8. The van der Waals surface area contributed by atoms with Crippen LogP contribution in [-0.2, 0) is 16.0 Å². The minimum atomic E-state index is -0.516. The molecule has 2 aromatic rings. The van der Waals surface area contributed by atoms with Gasteiger partial charge in [0.05, 0.1) is 10.5 Å². The summed E-state index contributed by atoms with van der Waals surface area (Å²) in [5.41, 5.74) is 2.49. The largest absolute Gasteiger partial charge is 0.350 e. The summed E-state index contributed by atoms with van der Waals surface area (Å²) in [7, 11) is 0. The summed E-state index contributed by atoms with van der Waals surface area (Å²) >= 11 is 0. The third-order valence-electron chi connectivity index (χ3n) is 4.48. The standard InChI is InChI=1S/C21H19N3O4/c1-3-13-23-20(25)18(15-7-11-17(12-8-15)24(27)28)19(21(23)26)22-16-9-5-14(4-2)6-10-16/h3,5-12,22H,1,4,13H2,2H3. The van der Waals surface area contributed by atoms with E-state index in [0.717, 1.165) is 16.9 Å². The summed E-state index contributed by atoms with van der Waals surface area (Å²) in [6.07, 6.45) is 2.36. The first kappa shape index (κ1) is 19.0. The number of carbonyl (C=O) groups is 2. The number of anilines is 1. The van der Waals surface area contributed by atoms with Crippen LogP contribution < -0.4 is 5.32 Å². The number of benzene rings is 2. The molecule has 0 fully saturated rings. The molecule has 0 spiro atoms. The summed E-state index contributed by atoms with van der Waals surface area (Å²) in [5, 5.41) is 13.9. The second kappa shape index (κ2) is 7.87. The van der Waals surface area contributed by atoms with Crippen molar-refractivity contribution >= 4 is 28.8 Å². The van der Waals surface area contributed by atoms with Crippen LogP contribution in [0, 0.1) is 10.1 Å². The van der Waals surface area contributed by atoms with Crippen LogP contribution >= 0.6 is 0 Å². The lowest BCUT2D eigenvalue weighted by atomic mass is 10.0. The Balaban J connectivity index is 2.04. The van der Waals surface area contributed by atoms with Crippen molar-refractivity contribution in [2.75, 3.05) is 11.9 Å². The second-order valence-corrected chi connectivity index (χ2v) is 6.24. The fourth-order valence-corrected chi connectivity index (χ4v) is 2.97. The summed E-state index contributed by atoms with van der Waals surface area (Å²) < 4.78 is 0. The number of aryl methyl sites for hydroxylation is 1. The van der Waals surface area contributed by atoms with Crippen molar-refractivity contribution in [2.45, 2.75) is 13.3 Å². The van der Waals surface area contributed by atoms with E-state index in [0.29, 0.717) is 11.3 Å². The number of rotatable bonds is 7. The van der Waals surface area contributed by atoms with Gasteiger partial charge < -0.3 is 5.32 Å². The number of hydrogen-bond acceptors (Lipinski definition) is 5. The van der Waals surface area contributed by atoms with Crippen LogP contribution in [0.15, 0.2) is 66.9 Å². The van der Waals surface area contributed by atoms with Crippen LogP contribution in [0.2, 0.25) is 0 Å². The topological polar surface area (TPSA) is 92.6 Å². The predicted molar refractivity (Wildman–Crippen MR) is 106 cm³/mol. The Hall–Kier alpha value is -3.74. The van der Waals surface area contributed by atoms with Crippen molar-refractivity contribution in [3.63, 3.8) is 0 Å². The monoisotopic (exact) mass is 377 g/mol. The average Bonchev–Trinajstić information content (AvgIpc) is 2.93. The number of nitrogens with one attached hydrogen (secondary N) is 1. The molecule has 1 heterocycles. The quantitative estimate of drug-likeness (QED) is 0.345. The number of amides is 2. The zero-order chi connectivity index (χ0) is 20.3. The van der Waals surface area contributed by atoms with E-state index >= 15 is 0 Å². The third-order valence-corrected chi connectivity index (χ3v) is 4.48. The number of nitro groups is 1. The van der Waals surface area contributed by atoms with Crippen molar-refractivity contribution in [2.24, 2.45) is 0 Å². The van der Waals surface area contributed by atoms with Gasteiger partial charge >= 0.3 is 0 Å². The molecule has 3 rings (SSSR count). The number of non-ortho nitro benzene ring substituents is 1. The highest BCUT2D eigenvalue weighted by molar-refractivity contribution is 6.36. The van der Waals surface area contributed by atoms with Crippen LogP contribution in [0.4, 0.5) is 11.4 Å². The van der Waals surface area contributed by atoms with Gasteiger partial charge in [-0.3, -0.25) is 24.6 Å². The molecule has 7 heteroatoms. The number of carbonyl (C=O) groups excluding carboxylic acids is 2. The SMILES string of the molecule is C=CCN1C(=O)C(Nc2ccc(CC)cc2)=C(c2ccc([N+](=O)[O-])cc2)C1=O. The van der Waals surface area contributed by atoms with Crippen LogP contribution in [0.1, 0.15) is 18.1 Å². The number of nitrogens with zero attached hydrogens (tertiary/aromatic N) is 2. The van der Waals surface area contributed by atoms with Gasteiger partial charge in [-0.05, 0) is 41.8 Å². The van der Waals surface area contributed by atoms with E-state index in [2.05, 4.69) is 11.9 Å². The minimum Gasteiger partial charge on any atom is -0.350 e. The first-order chi connectivity index (χ1) is 13.5. The summed E-state index contributed by atoms with van der Waals surface area (Å²) in [5.74, 6) is -0.927. The highest BCUT2D eigenvalue weighted by atomic mass is 16.6. The van der Waals surface area contributed by atoms with Gasteiger partial charge in [-0.1, -0.05) is 25.1 Å². The van der Waals surface area contributed by atoms with E-state index in [1.165, 1.54) is 30.3 Å². The molecule has 142 valence electrons. The molecule has 0 radical (unpaired) electrons. The minimum absolute atomic E-state index is 0.0775. The molecule has 7 nitrogen and oxygen atoms in total. The van der Waals surface area contributed by atoms with Gasteiger partial charge in [0.15, 0.2) is 0 Å². The maximum Gasteiger partial charge on any atom is 0.278 e. The fraction of sp³-hybridized carbons (Fsp3) is 0.143. The van der Waals surface area contributed by atoms with Gasteiger partial charge in [0, 0.05) is 24.4 Å². The first-order valence-corrected chi connectivity index (χ1v) is 8.78. The molecular weight excluding hydrogens is 358 g/mol. The van der Waals surface area contributed by atoms with Gasteiger partial charge in [-0.15, -0.1) is 6.58 Å². The van der Waals surface area contributed by atoms with Gasteiger partial charge in [0.1, 0.15) is 5.70 Å². The van der Waals surface area contributed by atoms with Crippen molar-refractivity contribution in [1.29, 1.82) is 0 Å². The van der Waals surface area contributed by atoms with E-state index in [9.17, 15) is 19.7 Å². The zero-order valence-corrected chi connectivity index (χ0v) is 15.3. The maximum absolute atomic E-state index is 12.9. The van der Waals surface area contributed by atoms with Gasteiger partial charge in [-0.2, -0.15) is 0 Å². The molecule has 0 aliphatic carbocycles. The van der Waals surface area contributed by atoms with Crippen LogP contribution in [0.5, 0.6) is 0 Å². The number of nitro benzene ring substituents is 1. The smallest absolute Gasteiger partial charge is 0.278 e. The third kappa shape index (κ3) is 3.55. The van der Waals surface area contributed by atoms with E-state index in [-0.39, 0.29) is 23.5 Å². The molecule has 28 heavy (non-hydrogen) atoms. The summed E-state index contributed by atoms with van der Waals surface area (Å²) in [4.78, 5) is 37.1. The number of imide groups is 1. The molecule has 1 aliphatic heterocycles. The fourth-order valence-electron chi connectivity index (χ4n) is 2.97. The van der Waals surface area contributed by atoms with Gasteiger partial charge in [0.25, 0.3) is 17.5 Å². The van der Waals surface area contributed by atoms with E-state index in [1.807, 2.05) is 31.2 Å². The Morgan fingerprint density at radius 1 is 1.07 bits per heavy atom. The predicted octanol–water partition coefficient (Wildman–Crippen LogP) is 3.54. The van der Waals surface area contributed by atoms with Gasteiger partial charge in [-0.25, -0.2) is 0 Å². The zero-order valence-electron chi connectivity index (χ0n) is 15.3. The van der Waals surface area contributed by atoms with Crippen molar-refractivity contribution < 1.29 is 14.5 Å². The molecule has 1 aliphatic rings. The molecule has 0 saturated carbocycles. The average molecular weight is 377 g/mol. The Labute approximate surface area is 162 Å². The number of hydrogen-bond donors (Lipinski definition) is 1. The molecule has 0 atom stereocenters. The van der Waals surface area contributed by atoms with Crippen LogP contribution in [0.3, 0.4) is 0 Å². The van der Waals surface area contributed by atoms with E-state index in [4.69, 9.17) is 0 Å². The highest BCUT2D eigenvalue weighted by Crippen LogP contribution is 2.31. The lowest BCUT2D eigenvalue weighted by Gasteiger charge is -2.12. The Morgan fingerprint density at radius 2 is 1.71 bits per heavy atom. The lowest BCUT2D eigenvalue weighted by molar-refractivity contribution is -0.384. The second-order valence-electron chi connectivity index (χ2n) is 6.24. The molecule has 0 aromatic heterocycles. The van der Waals surface area contributed by atoms with Crippen LogP contribution in [0.25, 0.3) is 5.57 Å². The van der Waals surface area contributed by atoms with E-state index in [1.54, 1.807) is 0 Å². The summed E-state index contributed by atoms with van der Waals surface area (Å²) in [6.45, 7) is 5.71. The Kier molecular flexibility index (Phi) is 5.35. The molecule has 0 bridgehead atoms. The maximum atomic E-state index is 12.9. The van der Waals surface area contributed by atoms with Crippen molar-refractivity contribution in [3.8, 4) is 0 Å². The molecule has 0 unspecified atom stereocenters. The van der Waals surface area contributed by atoms with Crippen molar-refractivity contribution in [3.05, 3.63) is 88.1 Å². The highest BCUT2D eigenvalue weighted by Gasteiger charge is 2.38. The molecule has 0 saturated heterocycles. The van der Waals surface area contributed by atoms with Crippen molar-refractivity contribution in [1.82, 2.24) is 4.90 Å². The lowest BCUT2D eigenvalue weighted by Crippen LogP contribution is -2.32. The van der Waals surface area contributed by atoms with E-state index < -0.39 is 16.7 Å². The summed E-state index contributed by atoms with van der Waals surface area (Å²) in [6, 6.07) is 13.1. The molecule has 2 amide bonds. The molecule has 1 N–H and O–H groups in total. The Bertz CT molecular complexity index is 976. The molecule has 2 aromatic carbocycles. The first-order valence-electron chi connectivity index (χ1n) is 8.78.